The van der Waals surface area contributed by atoms with Crippen LogP contribution in [0.2, 0.25) is 0 Å². The fourth-order valence-electron chi connectivity index (χ4n) is 3.28. The van der Waals surface area contributed by atoms with Crippen LogP contribution in [0.4, 0.5) is 0 Å². The van der Waals surface area contributed by atoms with Gasteiger partial charge in [0, 0.05) is 38.8 Å². The van der Waals surface area contributed by atoms with Gasteiger partial charge >= 0.3 is 0 Å². The zero-order valence-corrected chi connectivity index (χ0v) is 12.2. The van der Waals surface area contributed by atoms with E-state index >= 15 is 0 Å². The standard InChI is InChI=1S/C16H25N3/c1-13-11-18(2)7-8-19(13)12-14-3-4-15-5-6-17-10-16(15)9-14/h3-4,9,13,17H,5-8,10-12H2,1-2H3. The van der Waals surface area contributed by atoms with Gasteiger partial charge < -0.3 is 10.2 Å². The summed E-state index contributed by atoms with van der Waals surface area (Å²) in [7, 11) is 2.22. The van der Waals surface area contributed by atoms with E-state index in [1.165, 1.54) is 42.7 Å². The maximum Gasteiger partial charge on any atom is 0.0237 e. The van der Waals surface area contributed by atoms with E-state index in [2.05, 4.69) is 47.3 Å². The van der Waals surface area contributed by atoms with Crippen LogP contribution in [0.15, 0.2) is 18.2 Å². The van der Waals surface area contributed by atoms with Gasteiger partial charge in [0.25, 0.3) is 0 Å². The van der Waals surface area contributed by atoms with Gasteiger partial charge in [-0.05, 0) is 43.6 Å². The Kier molecular flexibility index (Phi) is 3.87. The molecule has 19 heavy (non-hydrogen) atoms. The molecule has 3 heteroatoms. The SMILES string of the molecule is CC1CN(C)CCN1Cc1ccc2c(c1)CNCC2. The predicted octanol–water partition coefficient (Wildman–Crippen LogP) is 1.47. The molecule has 0 saturated carbocycles. The second-order valence-corrected chi connectivity index (χ2v) is 6.11. The first-order valence-corrected chi connectivity index (χ1v) is 7.46. The van der Waals surface area contributed by atoms with Gasteiger partial charge in [-0.15, -0.1) is 0 Å². The van der Waals surface area contributed by atoms with Gasteiger partial charge in [0.15, 0.2) is 0 Å². The summed E-state index contributed by atoms with van der Waals surface area (Å²) in [5.74, 6) is 0. The van der Waals surface area contributed by atoms with E-state index in [0.29, 0.717) is 6.04 Å². The number of hydrogen-bond donors (Lipinski definition) is 1. The van der Waals surface area contributed by atoms with Crippen molar-refractivity contribution in [1.29, 1.82) is 0 Å². The van der Waals surface area contributed by atoms with Crippen molar-refractivity contribution < 1.29 is 0 Å². The van der Waals surface area contributed by atoms with E-state index in [1.54, 1.807) is 0 Å². The van der Waals surface area contributed by atoms with Gasteiger partial charge in [0.2, 0.25) is 0 Å². The van der Waals surface area contributed by atoms with Crippen LogP contribution in [0, 0.1) is 0 Å². The van der Waals surface area contributed by atoms with Crippen LogP contribution in [0.5, 0.6) is 0 Å². The average molecular weight is 259 g/mol. The molecule has 3 rings (SSSR count). The van der Waals surface area contributed by atoms with Crippen LogP contribution >= 0.6 is 0 Å². The summed E-state index contributed by atoms with van der Waals surface area (Å²) in [5.41, 5.74) is 4.51. The summed E-state index contributed by atoms with van der Waals surface area (Å²) in [5, 5.41) is 3.47. The third kappa shape index (κ3) is 2.99. The minimum absolute atomic E-state index is 0.660. The van der Waals surface area contributed by atoms with Crippen molar-refractivity contribution in [2.75, 3.05) is 33.2 Å². The normalized spacial score (nSPS) is 25.3. The smallest absolute Gasteiger partial charge is 0.0237 e. The molecule has 1 aromatic carbocycles. The van der Waals surface area contributed by atoms with E-state index in [9.17, 15) is 0 Å². The highest BCUT2D eigenvalue weighted by Gasteiger charge is 2.21. The highest BCUT2D eigenvalue weighted by molar-refractivity contribution is 5.33. The summed E-state index contributed by atoms with van der Waals surface area (Å²) in [6.45, 7) is 9.18. The Morgan fingerprint density at radius 3 is 3.00 bits per heavy atom. The lowest BCUT2D eigenvalue weighted by Crippen LogP contribution is -2.49. The molecule has 3 nitrogen and oxygen atoms in total. The monoisotopic (exact) mass is 259 g/mol. The molecule has 1 atom stereocenters. The lowest BCUT2D eigenvalue weighted by molar-refractivity contribution is 0.0938. The minimum Gasteiger partial charge on any atom is -0.312 e. The summed E-state index contributed by atoms with van der Waals surface area (Å²) in [4.78, 5) is 5.04. The molecule has 1 unspecified atom stereocenters. The summed E-state index contributed by atoms with van der Waals surface area (Å²) in [6, 6.07) is 7.74. The lowest BCUT2D eigenvalue weighted by Gasteiger charge is -2.38. The van der Waals surface area contributed by atoms with Gasteiger partial charge in [0.1, 0.15) is 0 Å². The second kappa shape index (κ2) is 5.61. The number of rotatable bonds is 2. The Labute approximate surface area is 116 Å². The van der Waals surface area contributed by atoms with Gasteiger partial charge in [-0.2, -0.15) is 0 Å². The first-order chi connectivity index (χ1) is 9.22. The van der Waals surface area contributed by atoms with Crippen molar-refractivity contribution in [3.05, 3.63) is 34.9 Å². The summed E-state index contributed by atoms with van der Waals surface area (Å²) in [6.07, 6.45) is 1.18. The van der Waals surface area contributed by atoms with Crippen molar-refractivity contribution in [3.8, 4) is 0 Å². The quantitative estimate of drug-likeness (QED) is 0.867. The molecule has 0 bridgehead atoms. The zero-order chi connectivity index (χ0) is 13.2. The molecule has 0 spiro atoms. The van der Waals surface area contributed by atoms with Gasteiger partial charge in [-0.3, -0.25) is 4.90 Å². The minimum atomic E-state index is 0.660. The summed E-state index contributed by atoms with van der Waals surface area (Å²) < 4.78 is 0. The molecular weight excluding hydrogens is 234 g/mol. The molecule has 0 radical (unpaired) electrons. The highest BCUT2D eigenvalue weighted by Crippen LogP contribution is 2.19. The molecule has 1 N–H and O–H groups in total. The highest BCUT2D eigenvalue weighted by atomic mass is 15.3. The van der Waals surface area contributed by atoms with E-state index < -0.39 is 0 Å². The van der Waals surface area contributed by atoms with E-state index in [-0.39, 0.29) is 0 Å². The first-order valence-electron chi connectivity index (χ1n) is 7.46. The molecule has 104 valence electrons. The maximum absolute atomic E-state index is 3.47. The Morgan fingerprint density at radius 1 is 1.26 bits per heavy atom. The van der Waals surface area contributed by atoms with E-state index in [4.69, 9.17) is 0 Å². The molecule has 1 fully saturated rings. The number of benzene rings is 1. The third-order valence-electron chi connectivity index (χ3n) is 4.51. The van der Waals surface area contributed by atoms with Gasteiger partial charge in [-0.25, -0.2) is 0 Å². The number of nitrogens with zero attached hydrogens (tertiary/aromatic N) is 2. The molecule has 0 aliphatic carbocycles. The molecule has 1 aromatic rings. The maximum atomic E-state index is 3.47. The predicted molar refractivity (Wildman–Crippen MR) is 79.2 cm³/mol. The fourth-order valence-corrected chi connectivity index (χ4v) is 3.28. The van der Waals surface area contributed by atoms with E-state index in [1.807, 2.05) is 0 Å². The van der Waals surface area contributed by atoms with Crippen LogP contribution in [-0.4, -0.2) is 49.1 Å². The Morgan fingerprint density at radius 2 is 2.16 bits per heavy atom. The number of likely N-dealkylation sites (N-methyl/N-ethyl adjacent to an activating group) is 1. The van der Waals surface area contributed by atoms with Crippen LogP contribution in [0.25, 0.3) is 0 Å². The van der Waals surface area contributed by atoms with Crippen molar-refractivity contribution in [2.45, 2.75) is 32.5 Å². The van der Waals surface area contributed by atoms with Crippen LogP contribution < -0.4 is 5.32 Å². The number of piperazine rings is 1. The fraction of sp³-hybridized carbons (Fsp3) is 0.625. The molecule has 0 aromatic heterocycles. The Bertz CT molecular complexity index is 444. The van der Waals surface area contributed by atoms with Crippen molar-refractivity contribution >= 4 is 0 Å². The average Bonchev–Trinajstić information content (AvgIpc) is 2.42. The zero-order valence-electron chi connectivity index (χ0n) is 12.2. The lowest BCUT2D eigenvalue weighted by atomic mass is 9.98. The Hall–Kier alpha value is -0.900. The molecule has 2 heterocycles. The molecule has 1 saturated heterocycles. The topological polar surface area (TPSA) is 18.5 Å². The van der Waals surface area contributed by atoms with E-state index in [0.717, 1.165) is 19.6 Å². The van der Waals surface area contributed by atoms with Crippen LogP contribution in [0.3, 0.4) is 0 Å². The third-order valence-corrected chi connectivity index (χ3v) is 4.51. The summed E-state index contributed by atoms with van der Waals surface area (Å²) >= 11 is 0. The number of fused-ring (bicyclic) bond motifs is 1. The largest absolute Gasteiger partial charge is 0.312 e. The molecular formula is C16H25N3. The number of nitrogens with one attached hydrogen (secondary N) is 1. The molecule has 2 aliphatic heterocycles. The van der Waals surface area contributed by atoms with Crippen molar-refractivity contribution in [1.82, 2.24) is 15.1 Å². The van der Waals surface area contributed by atoms with Crippen LogP contribution in [0.1, 0.15) is 23.6 Å². The first kappa shape index (κ1) is 13.1. The van der Waals surface area contributed by atoms with Gasteiger partial charge in [0.05, 0.1) is 0 Å². The van der Waals surface area contributed by atoms with Crippen LogP contribution in [-0.2, 0) is 19.5 Å². The van der Waals surface area contributed by atoms with Crippen molar-refractivity contribution in [3.63, 3.8) is 0 Å². The molecule has 0 amide bonds. The second-order valence-electron chi connectivity index (χ2n) is 6.11. The van der Waals surface area contributed by atoms with Gasteiger partial charge in [-0.1, -0.05) is 18.2 Å². The Balaban J connectivity index is 1.69. The molecule has 2 aliphatic rings. The van der Waals surface area contributed by atoms with Crippen molar-refractivity contribution in [2.24, 2.45) is 0 Å². The number of hydrogen-bond acceptors (Lipinski definition) is 3.